The van der Waals surface area contributed by atoms with Gasteiger partial charge in [-0.2, -0.15) is 0 Å². The highest BCUT2D eigenvalue weighted by Gasteiger charge is 2.26. The molecule has 2 aromatic carbocycles. The molecule has 0 radical (unpaired) electrons. The van der Waals surface area contributed by atoms with Crippen LogP contribution in [0.3, 0.4) is 0 Å². The second-order valence-corrected chi connectivity index (χ2v) is 8.46. The molecule has 1 heterocycles. The predicted octanol–water partition coefficient (Wildman–Crippen LogP) is 5.05. The normalized spacial score (nSPS) is 15.2. The van der Waals surface area contributed by atoms with Crippen molar-refractivity contribution in [3.05, 3.63) is 57.0 Å². The lowest BCUT2D eigenvalue weighted by atomic mass is 9.96. The number of piperidine rings is 1. The van der Waals surface area contributed by atoms with Crippen molar-refractivity contribution in [3.63, 3.8) is 0 Å². The third-order valence-corrected chi connectivity index (χ3v) is 5.85. The predicted molar refractivity (Wildman–Crippen MR) is 117 cm³/mol. The van der Waals surface area contributed by atoms with Crippen LogP contribution in [0.4, 0.5) is 11.4 Å². The van der Waals surface area contributed by atoms with Crippen molar-refractivity contribution in [1.82, 2.24) is 4.90 Å². The molecule has 0 aromatic heterocycles. The van der Waals surface area contributed by atoms with Gasteiger partial charge in [-0.25, -0.2) is 0 Å². The van der Waals surface area contributed by atoms with Crippen molar-refractivity contribution in [1.29, 1.82) is 0 Å². The number of anilines is 2. The molecule has 1 aliphatic rings. The number of amides is 2. The minimum Gasteiger partial charge on any atom is -0.326 e. The lowest BCUT2D eigenvalue weighted by Crippen LogP contribution is -2.41. The summed E-state index contributed by atoms with van der Waals surface area (Å²) in [4.78, 5) is 26.8. The number of benzene rings is 2. The number of hydrogen-bond acceptors (Lipinski definition) is 3. The van der Waals surface area contributed by atoms with E-state index in [0.29, 0.717) is 28.8 Å². The number of carbonyl (C=O) groups is 2. The van der Waals surface area contributed by atoms with E-state index >= 15 is 0 Å². The summed E-state index contributed by atoms with van der Waals surface area (Å²) in [6.45, 7) is 1.68. The smallest absolute Gasteiger partial charge is 0.238 e. The van der Waals surface area contributed by atoms with Gasteiger partial charge in [0, 0.05) is 21.8 Å². The van der Waals surface area contributed by atoms with Crippen molar-refractivity contribution in [2.24, 2.45) is 5.92 Å². The molecule has 1 fully saturated rings. The Kier molecular flexibility index (Phi) is 7.35. The number of halogens is 3. The van der Waals surface area contributed by atoms with E-state index in [4.69, 9.17) is 23.2 Å². The largest absolute Gasteiger partial charge is 0.326 e. The van der Waals surface area contributed by atoms with Gasteiger partial charge in [-0.15, -0.1) is 0 Å². The van der Waals surface area contributed by atoms with E-state index in [-0.39, 0.29) is 24.3 Å². The lowest BCUT2D eigenvalue weighted by molar-refractivity contribution is -0.121. The number of nitrogens with one attached hydrogen (secondary N) is 2. The van der Waals surface area contributed by atoms with Crippen LogP contribution in [-0.4, -0.2) is 36.3 Å². The molecular formula is C20H20BrCl2N3O2. The maximum absolute atomic E-state index is 12.5. The Morgan fingerprint density at radius 2 is 1.71 bits per heavy atom. The van der Waals surface area contributed by atoms with Crippen LogP contribution < -0.4 is 10.6 Å². The standard InChI is InChI=1S/C20H20BrCl2N3O2/c21-14-2-1-3-15(10-14)25-20(28)13-6-8-26(9-7-13)12-19(27)24-16-4-5-17(22)18(23)11-16/h1-5,10-11,13H,6-9,12H2,(H,24,27)(H,25,28). The molecule has 0 unspecified atom stereocenters. The monoisotopic (exact) mass is 483 g/mol. The molecule has 0 bridgehead atoms. The number of rotatable bonds is 5. The summed E-state index contributed by atoms with van der Waals surface area (Å²) in [7, 11) is 0. The maximum atomic E-state index is 12.5. The third kappa shape index (κ3) is 5.95. The van der Waals surface area contributed by atoms with Crippen LogP contribution in [0.2, 0.25) is 10.0 Å². The molecule has 0 aliphatic carbocycles. The summed E-state index contributed by atoms with van der Waals surface area (Å²) in [6.07, 6.45) is 1.44. The van der Waals surface area contributed by atoms with Gasteiger partial charge in [-0.1, -0.05) is 45.2 Å². The Bertz CT molecular complexity index is 870. The molecule has 2 aromatic rings. The summed E-state index contributed by atoms with van der Waals surface area (Å²) in [6, 6.07) is 12.5. The van der Waals surface area contributed by atoms with Crippen molar-refractivity contribution in [3.8, 4) is 0 Å². The first-order chi connectivity index (χ1) is 13.4. The fourth-order valence-electron chi connectivity index (χ4n) is 3.14. The van der Waals surface area contributed by atoms with E-state index in [2.05, 4.69) is 31.5 Å². The average molecular weight is 485 g/mol. The van der Waals surface area contributed by atoms with Crippen LogP contribution >= 0.6 is 39.1 Å². The second kappa shape index (κ2) is 9.74. The topological polar surface area (TPSA) is 61.4 Å². The van der Waals surface area contributed by atoms with Crippen LogP contribution in [0.25, 0.3) is 0 Å². The Morgan fingerprint density at radius 3 is 2.39 bits per heavy atom. The molecule has 5 nitrogen and oxygen atoms in total. The van der Waals surface area contributed by atoms with Crippen LogP contribution in [0.5, 0.6) is 0 Å². The molecule has 148 valence electrons. The van der Waals surface area contributed by atoms with Gasteiger partial charge < -0.3 is 10.6 Å². The molecule has 28 heavy (non-hydrogen) atoms. The minimum absolute atomic E-state index is 0.0259. The van der Waals surface area contributed by atoms with Gasteiger partial charge in [-0.3, -0.25) is 14.5 Å². The van der Waals surface area contributed by atoms with Crippen LogP contribution in [0.1, 0.15) is 12.8 Å². The van der Waals surface area contributed by atoms with Gasteiger partial charge in [0.2, 0.25) is 11.8 Å². The molecular weight excluding hydrogens is 465 g/mol. The zero-order chi connectivity index (χ0) is 20.1. The zero-order valence-corrected chi connectivity index (χ0v) is 18.1. The maximum Gasteiger partial charge on any atom is 0.238 e. The Morgan fingerprint density at radius 1 is 1.00 bits per heavy atom. The van der Waals surface area contributed by atoms with Crippen LogP contribution in [0, 0.1) is 5.92 Å². The Hall–Kier alpha value is -1.60. The van der Waals surface area contributed by atoms with E-state index in [1.807, 2.05) is 24.3 Å². The molecule has 1 aliphatic heterocycles. The molecule has 3 rings (SSSR count). The van der Waals surface area contributed by atoms with Crippen molar-refractivity contribution in [2.45, 2.75) is 12.8 Å². The summed E-state index contributed by atoms with van der Waals surface area (Å²) in [5.41, 5.74) is 1.39. The van der Waals surface area contributed by atoms with E-state index in [0.717, 1.165) is 23.0 Å². The highest BCUT2D eigenvalue weighted by atomic mass is 79.9. The van der Waals surface area contributed by atoms with Gasteiger partial charge in [-0.05, 0) is 62.3 Å². The first kappa shape index (κ1) is 21.1. The first-order valence-corrected chi connectivity index (χ1v) is 10.5. The lowest BCUT2D eigenvalue weighted by Gasteiger charge is -2.30. The number of nitrogens with zero attached hydrogens (tertiary/aromatic N) is 1. The minimum atomic E-state index is -0.115. The summed E-state index contributed by atoms with van der Waals surface area (Å²) >= 11 is 15.3. The fraction of sp³-hybridized carbons (Fsp3) is 0.300. The fourth-order valence-corrected chi connectivity index (χ4v) is 3.84. The zero-order valence-electron chi connectivity index (χ0n) is 15.1. The molecule has 2 N–H and O–H groups in total. The van der Waals surface area contributed by atoms with E-state index < -0.39 is 0 Å². The average Bonchev–Trinajstić information content (AvgIpc) is 2.65. The Balaban J connectivity index is 1.45. The Labute approximate surface area is 182 Å². The molecule has 0 atom stereocenters. The van der Waals surface area contributed by atoms with Crippen LogP contribution in [0.15, 0.2) is 46.9 Å². The summed E-state index contributed by atoms with van der Waals surface area (Å²) in [5, 5.41) is 6.63. The number of likely N-dealkylation sites (tertiary alicyclic amines) is 1. The molecule has 2 amide bonds. The van der Waals surface area contributed by atoms with E-state index in [1.165, 1.54) is 0 Å². The van der Waals surface area contributed by atoms with Crippen LogP contribution in [-0.2, 0) is 9.59 Å². The number of hydrogen-bond donors (Lipinski definition) is 2. The van der Waals surface area contributed by atoms with Gasteiger partial charge in [0.15, 0.2) is 0 Å². The quantitative estimate of drug-likeness (QED) is 0.624. The number of carbonyl (C=O) groups excluding carboxylic acids is 2. The molecule has 1 saturated heterocycles. The molecule has 0 saturated carbocycles. The highest BCUT2D eigenvalue weighted by Crippen LogP contribution is 2.25. The van der Waals surface area contributed by atoms with Gasteiger partial charge in [0.25, 0.3) is 0 Å². The van der Waals surface area contributed by atoms with Crippen molar-refractivity contribution >= 4 is 62.3 Å². The highest BCUT2D eigenvalue weighted by molar-refractivity contribution is 9.10. The van der Waals surface area contributed by atoms with E-state index in [1.54, 1.807) is 18.2 Å². The van der Waals surface area contributed by atoms with Gasteiger partial charge >= 0.3 is 0 Å². The van der Waals surface area contributed by atoms with Gasteiger partial charge in [0.1, 0.15) is 0 Å². The first-order valence-electron chi connectivity index (χ1n) is 8.94. The SMILES string of the molecule is O=C(CN1CCC(C(=O)Nc2cccc(Br)c2)CC1)Nc1ccc(Cl)c(Cl)c1. The van der Waals surface area contributed by atoms with E-state index in [9.17, 15) is 9.59 Å². The summed E-state index contributed by atoms with van der Waals surface area (Å²) < 4.78 is 0.924. The molecule has 0 spiro atoms. The third-order valence-electron chi connectivity index (χ3n) is 4.62. The molecule has 8 heteroatoms. The summed E-state index contributed by atoms with van der Waals surface area (Å²) in [5.74, 6) is -0.137. The van der Waals surface area contributed by atoms with Crippen molar-refractivity contribution < 1.29 is 9.59 Å². The van der Waals surface area contributed by atoms with Gasteiger partial charge in [0.05, 0.1) is 16.6 Å². The second-order valence-electron chi connectivity index (χ2n) is 6.73. The van der Waals surface area contributed by atoms with Crippen molar-refractivity contribution in [2.75, 3.05) is 30.3 Å².